The van der Waals surface area contributed by atoms with Crippen LogP contribution in [0.15, 0.2) is 53.4 Å². The van der Waals surface area contributed by atoms with Gasteiger partial charge in [-0.05, 0) is 43.5 Å². The second kappa shape index (κ2) is 7.47. The molecule has 3 rings (SSSR count). The normalized spacial score (nSPS) is 17.8. The Morgan fingerprint density at radius 1 is 1.19 bits per heavy atom. The number of hydrogen-bond acceptors (Lipinski definition) is 3. The van der Waals surface area contributed by atoms with Crippen molar-refractivity contribution >= 4 is 21.7 Å². The number of benzene rings is 2. The summed E-state index contributed by atoms with van der Waals surface area (Å²) in [6, 6.07) is 14.1. The van der Waals surface area contributed by atoms with Crippen molar-refractivity contribution in [2.24, 2.45) is 5.14 Å². The Morgan fingerprint density at radius 3 is 2.69 bits per heavy atom. The Balaban J connectivity index is 1.70. The zero-order valence-electron chi connectivity index (χ0n) is 14.7. The SMILES string of the molecule is Cc1cccc(C2CCCN(C(=O)Nc3cccc(S(N)(=O)=O)c3)C2)c1. The van der Waals surface area contributed by atoms with Crippen LogP contribution in [0, 0.1) is 6.92 Å². The molecule has 2 aromatic rings. The molecule has 2 amide bonds. The number of sulfonamides is 1. The first kappa shape index (κ1) is 18.4. The van der Waals surface area contributed by atoms with Gasteiger partial charge in [0.1, 0.15) is 0 Å². The molecular formula is C19H23N3O3S. The van der Waals surface area contributed by atoms with Crippen molar-refractivity contribution in [1.29, 1.82) is 0 Å². The van der Waals surface area contributed by atoms with Gasteiger partial charge in [0.2, 0.25) is 10.0 Å². The monoisotopic (exact) mass is 373 g/mol. The molecule has 1 heterocycles. The summed E-state index contributed by atoms with van der Waals surface area (Å²) < 4.78 is 22.9. The Bertz CT molecular complexity index is 912. The van der Waals surface area contributed by atoms with Gasteiger partial charge in [0.15, 0.2) is 0 Å². The summed E-state index contributed by atoms with van der Waals surface area (Å²) in [6.45, 7) is 3.39. The maximum Gasteiger partial charge on any atom is 0.321 e. The fourth-order valence-corrected chi connectivity index (χ4v) is 3.87. The van der Waals surface area contributed by atoms with E-state index in [-0.39, 0.29) is 10.9 Å². The minimum Gasteiger partial charge on any atom is -0.324 e. The molecule has 0 bridgehead atoms. The third-order valence-corrected chi connectivity index (χ3v) is 5.55. The highest BCUT2D eigenvalue weighted by Crippen LogP contribution is 2.28. The molecule has 7 heteroatoms. The van der Waals surface area contributed by atoms with E-state index in [4.69, 9.17) is 5.14 Å². The van der Waals surface area contributed by atoms with E-state index in [0.29, 0.717) is 24.7 Å². The van der Waals surface area contributed by atoms with Crippen molar-refractivity contribution in [2.45, 2.75) is 30.6 Å². The van der Waals surface area contributed by atoms with Gasteiger partial charge in [-0.1, -0.05) is 35.9 Å². The molecular weight excluding hydrogens is 350 g/mol. The van der Waals surface area contributed by atoms with E-state index in [1.165, 1.54) is 23.3 Å². The first-order valence-corrected chi connectivity index (χ1v) is 10.1. The number of amides is 2. The number of primary sulfonamides is 1. The summed E-state index contributed by atoms with van der Waals surface area (Å²) in [5.41, 5.74) is 2.88. The number of carbonyl (C=O) groups excluding carboxylic acids is 1. The van der Waals surface area contributed by atoms with Crippen LogP contribution >= 0.6 is 0 Å². The minimum absolute atomic E-state index is 0.0217. The molecule has 3 N–H and O–H groups in total. The molecule has 1 aliphatic rings. The van der Waals surface area contributed by atoms with Gasteiger partial charge >= 0.3 is 6.03 Å². The number of anilines is 1. The van der Waals surface area contributed by atoms with E-state index in [9.17, 15) is 13.2 Å². The highest BCUT2D eigenvalue weighted by Gasteiger charge is 2.25. The van der Waals surface area contributed by atoms with Crippen molar-refractivity contribution in [1.82, 2.24) is 4.90 Å². The number of rotatable bonds is 3. The van der Waals surface area contributed by atoms with E-state index in [1.54, 1.807) is 17.0 Å². The van der Waals surface area contributed by atoms with Crippen LogP contribution in [0.5, 0.6) is 0 Å². The fourth-order valence-electron chi connectivity index (χ4n) is 3.31. The summed E-state index contributed by atoms with van der Waals surface area (Å²) >= 11 is 0. The van der Waals surface area contributed by atoms with Crippen molar-refractivity contribution in [2.75, 3.05) is 18.4 Å². The highest BCUT2D eigenvalue weighted by molar-refractivity contribution is 7.89. The maximum absolute atomic E-state index is 12.6. The lowest BCUT2D eigenvalue weighted by molar-refractivity contribution is 0.193. The average Bonchev–Trinajstić information content (AvgIpc) is 2.61. The van der Waals surface area contributed by atoms with Crippen LogP contribution in [0.2, 0.25) is 0 Å². The van der Waals surface area contributed by atoms with Crippen LogP contribution in [0.1, 0.15) is 29.9 Å². The second-order valence-corrected chi connectivity index (χ2v) is 8.26. The van der Waals surface area contributed by atoms with Crippen LogP contribution in [-0.2, 0) is 10.0 Å². The predicted octanol–water partition coefficient (Wildman–Crippen LogP) is 3.05. The molecule has 2 aromatic carbocycles. The number of urea groups is 1. The van der Waals surface area contributed by atoms with Gasteiger partial charge in [-0.2, -0.15) is 0 Å². The van der Waals surface area contributed by atoms with Crippen LogP contribution < -0.4 is 10.5 Å². The van der Waals surface area contributed by atoms with Gasteiger partial charge in [-0.15, -0.1) is 0 Å². The van der Waals surface area contributed by atoms with Gasteiger partial charge < -0.3 is 10.2 Å². The summed E-state index contributed by atoms with van der Waals surface area (Å²) in [4.78, 5) is 14.4. The zero-order valence-corrected chi connectivity index (χ0v) is 15.5. The van der Waals surface area contributed by atoms with Crippen LogP contribution in [0.4, 0.5) is 10.5 Å². The summed E-state index contributed by atoms with van der Waals surface area (Å²) in [6.07, 6.45) is 1.98. The van der Waals surface area contributed by atoms with Gasteiger partial charge in [0.25, 0.3) is 0 Å². The number of nitrogens with two attached hydrogens (primary N) is 1. The Kier molecular flexibility index (Phi) is 5.29. The van der Waals surface area contributed by atoms with Crippen LogP contribution in [0.3, 0.4) is 0 Å². The maximum atomic E-state index is 12.6. The molecule has 0 spiro atoms. The Labute approximate surface area is 154 Å². The van der Waals surface area contributed by atoms with E-state index in [1.807, 2.05) is 6.07 Å². The summed E-state index contributed by atoms with van der Waals surface area (Å²) in [5, 5.41) is 7.92. The fraction of sp³-hybridized carbons (Fsp3) is 0.316. The molecule has 1 atom stereocenters. The zero-order chi connectivity index (χ0) is 18.7. The number of likely N-dealkylation sites (tertiary alicyclic amines) is 1. The smallest absolute Gasteiger partial charge is 0.321 e. The van der Waals surface area contributed by atoms with E-state index in [2.05, 4.69) is 30.4 Å². The molecule has 0 saturated carbocycles. The Morgan fingerprint density at radius 2 is 1.96 bits per heavy atom. The molecule has 6 nitrogen and oxygen atoms in total. The topological polar surface area (TPSA) is 92.5 Å². The lowest BCUT2D eigenvalue weighted by Crippen LogP contribution is -2.41. The molecule has 1 saturated heterocycles. The number of carbonyl (C=O) groups is 1. The molecule has 0 aliphatic carbocycles. The largest absolute Gasteiger partial charge is 0.324 e. The molecule has 138 valence electrons. The lowest BCUT2D eigenvalue weighted by Gasteiger charge is -2.33. The van der Waals surface area contributed by atoms with Gasteiger partial charge in [0, 0.05) is 24.7 Å². The van der Waals surface area contributed by atoms with Crippen molar-refractivity contribution in [3.05, 3.63) is 59.7 Å². The first-order valence-electron chi connectivity index (χ1n) is 8.58. The van der Waals surface area contributed by atoms with E-state index < -0.39 is 10.0 Å². The van der Waals surface area contributed by atoms with E-state index >= 15 is 0 Å². The molecule has 0 aromatic heterocycles. The first-order chi connectivity index (χ1) is 12.3. The van der Waals surface area contributed by atoms with Gasteiger partial charge in [-0.3, -0.25) is 0 Å². The standard InChI is InChI=1S/C19H23N3O3S/c1-14-5-2-6-15(11-14)16-7-4-10-22(13-16)19(23)21-17-8-3-9-18(12-17)26(20,24)25/h2-3,5-6,8-9,11-12,16H,4,7,10,13H2,1H3,(H,21,23)(H2,20,24,25). The minimum atomic E-state index is -3.80. The summed E-state index contributed by atoms with van der Waals surface area (Å²) in [5.74, 6) is 0.310. The number of hydrogen-bond donors (Lipinski definition) is 2. The second-order valence-electron chi connectivity index (χ2n) is 6.70. The molecule has 1 unspecified atom stereocenters. The quantitative estimate of drug-likeness (QED) is 0.866. The molecule has 26 heavy (non-hydrogen) atoms. The lowest BCUT2D eigenvalue weighted by atomic mass is 9.90. The summed E-state index contributed by atoms with van der Waals surface area (Å²) in [7, 11) is -3.80. The molecule has 1 fully saturated rings. The van der Waals surface area contributed by atoms with Crippen molar-refractivity contribution in [3.63, 3.8) is 0 Å². The molecule has 0 radical (unpaired) electrons. The van der Waals surface area contributed by atoms with Crippen LogP contribution in [-0.4, -0.2) is 32.4 Å². The van der Waals surface area contributed by atoms with Gasteiger partial charge in [0.05, 0.1) is 4.90 Å². The van der Waals surface area contributed by atoms with Crippen molar-refractivity contribution < 1.29 is 13.2 Å². The molecule has 1 aliphatic heterocycles. The number of nitrogens with one attached hydrogen (secondary N) is 1. The predicted molar refractivity (Wildman–Crippen MR) is 102 cm³/mol. The number of piperidine rings is 1. The number of aryl methyl sites for hydroxylation is 1. The Hall–Kier alpha value is -2.38. The van der Waals surface area contributed by atoms with Gasteiger partial charge in [-0.25, -0.2) is 18.4 Å². The van der Waals surface area contributed by atoms with E-state index in [0.717, 1.165) is 12.8 Å². The third-order valence-electron chi connectivity index (χ3n) is 4.64. The average molecular weight is 373 g/mol. The van der Waals surface area contributed by atoms with Crippen LogP contribution in [0.25, 0.3) is 0 Å². The third kappa shape index (κ3) is 4.42. The van der Waals surface area contributed by atoms with Crippen molar-refractivity contribution in [3.8, 4) is 0 Å². The highest BCUT2D eigenvalue weighted by atomic mass is 32.2. The number of nitrogens with zero attached hydrogens (tertiary/aromatic N) is 1.